The van der Waals surface area contributed by atoms with Gasteiger partial charge in [-0.2, -0.15) is 0 Å². The fraction of sp³-hybridized carbons (Fsp3) is 0.562. The molecule has 2 amide bonds. The van der Waals surface area contributed by atoms with Crippen LogP contribution in [0.25, 0.3) is 0 Å². The minimum Gasteiger partial charge on any atom is -0.484 e. The van der Waals surface area contributed by atoms with Gasteiger partial charge in [-0.1, -0.05) is 20.8 Å². The number of hydrogen-bond acceptors (Lipinski definition) is 4. The number of carbonyl (C=O) groups is 2. The molecule has 0 bridgehead atoms. The number of likely N-dealkylation sites (tertiary alicyclic amines) is 1. The standard InChI is InChI=1S/C16H22FN3O4/c1-16(2,3)13-12(17)11(8-20(13)15(22)23)24-9-5-6-10(19-7-9)14(21)18-4/h5-7,11-13H,8H2,1-4H3,(H,18,21)(H,22,23)/t11-,12-,13?/m0/s1. The van der Waals surface area contributed by atoms with E-state index in [1.807, 2.05) is 0 Å². The monoisotopic (exact) mass is 339 g/mol. The fourth-order valence-electron chi connectivity index (χ4n) is 2.92. The molecule has 3 atom stereocenters. The fourth-order valence-corrected chi connectivity index (χ4v) is 2.92. The largest absolute Gasteiger partial charge is 0.484 e. The summed E-state index contributed by atoms with van der Waals surface area (Å²) >= 11 is 0. The highest BCUT2D eigenvalue weighted by Crippen LogP contribution is 2.36. The first-order valence-corrected chi connectivity index (χ1v) is 7.63. The van der Waals surface area contributed by atoms with E-state index in [9.17, 15) is 19.1 Å². The van der Waals surface area contributed by atoms with E-state index in [1.54, 1.807) is 20.8 Å². The number of nitrogens with one attached hydrogen (secondary N) is 1. The lowest BCUT2D eigenvalue weighted by atomic mass is 9.84. The predicted molar refractivity (Wildman–Crippen MR) is 84.9 cm³/mol. The van der Waals surface area contributed by atoms with Gasteiger partial charge in [-0.3, -0.25) is 9.69 Å². The molecule has 1 aromatic rings. The second-order valence-electron chi connectivity index (χ2n) is 6.80. The minimum atomic E-state index is -1.46. The van der Waals surface area contributed by atoms with Crippen LogP contribution in [0.2, 0.25) is 0 Å². The molecule has 1 aliphatic rings. The van der Waals surface area contributed by atoms with Crippen LogP contribution in [-0.4, -0.2) is 58.9 Å². The first-order valence-electron chi connectivity index (χ1n) is 7.63. The summed E-state index contributed by atoms with van der Waals surface area (Å²) in [6, 6.07) is 2.19. The van der Waals surface area contributed by atoms with Gasteiger partial charge in [0, 0.05) is 7.05 Å². The summed E-state index contributed by atoms with van der Waals surface area (Å²) in [6.07, 6.45) is -2.22. The number of halogens is 1. The number of pyridine rings is 1. The van der Waals surface area contributed by atoms with Gasteiger partial charge in [-0.15, -0.1) is 0 Å². The molecule has 0 saturated carbocycles. The first kappa shape index (κ1) is 18.0. The summed E-state index contributed by atoms with van der Waals surface area (Å²) in [6.45, 7) is 5.32. The highest BCUT2D eigenvalue weighted by atomic mass is 19.1. The Bertz CT molecular complexity index is 615. The second-order valence-corrected chi connectivity index (χ2v) is 6.80. The van der Waals surface area contributed by atoms with Crippen molar-refractivity contribution in [2.75, 3.05) is 13.6 Å². The van der Waals surface area contributed by atoms with Gasteiger partial charge in [0.1, 0.15) is 17.5 Å². The third-order valence-corrected chi connectivity index (χ3v) is 3.99. The van der Waals surface area contributed by atoms with Crippen LogP contribution in [-0.2, 0) is 0 Å². The van der Waals surface area contributed by atoms with Crippen LogP contribution in [0.5, 0.6) is 5.75 Å². The van der Waals surface area contributed by atoms with E-state index in [0.29, 0.717) is 0 Å². The van der Waals surface area contributed by atoms with Crippen molar-refractivity contribution in [2.24, 2.45) is 5.41 Å². The maximum absolute atomic E-state index is 14.8. The Labute approximate surface area is 139 Å². The van der Waals surface area contributed by atoms with Crippen molar-refractivity contribution in [2.45, 2.75) is 39.1 Å². The van der Waals surface area contributed by atoms with E-state index in [4.69, 9.17) is 4.74 Å². The molecule has 0 aliphatic carbocycles. The van der Waals surface area contributed by atoms with Gasteiger partial charge in [0.05, 0.1) is 18.8 Å². The van der Waals surface area contributed by atoms with Gasteiger partial charge in [-0.25, -0.2) is 14.2 Å². The number of carbonyl (C=O) groups excluding carboxylic acids is 1. The van der Waals surface area contributed by atoms with E-state index < -0.39 is 29.8 Å². The van der Waals surface area contributed by atoms with Gasteiger partial charge < -0.3 is 15.2 Å². The molecule has 132 valence electrons. The number of hydrogen-bond donors (Lipinski definition) is 2. The summed E-state index contributed by atoms with van der Waals surface area (Å²) in [7, 11) is 1.49. The topological polar surface area (TPSA) is 91.8 Å². The van der Waals surface area contributed by atoms with E-state index in [0.717, 1.165) is 4.90 Å². The van der Waals surface area contributed by atoms with E-state index in [-0.39, 0.29) is 23.9 Å². The SMILES string of the molecule is CNC(=O)c1ccc(O[C@H]2CN(C(=O)O)C(C(C)(C)C)[C@H]2F)cn1. The quantitative estimate of drug-likeness (QED) is 0.878. The Balaban J connectivity index is 2.15. The lowest BCUT2D eigenvalue weighted by molar-refractivity contribution is 0.0685. The van der Waals surface area contributed by atoms with Gasteiger partial charge in [0.15, 0.2) is 6.17 Å². The number of amides is 2. The van der Waals surface area contributed by atoms with Crippen LogP contribution in [0.1, 0.15) is 31.3 Å². The Kier molecular flexibility index (Phi) is 4.96. The van der Waals surface area contributed by atoms with Crippen molar-refractivity contribution < 1.29 is 23.8 Å². The van der Waals surface area contributed by atoms with E-state index >= 15 is 0 Å². The number of nitrogens with zero attached hydrogens (tertiary/aromatic N) is 2. The summed E-state index contributed by atoms with van der Waals surface area (Å²) in [4.78, 5) is 27.9. The molecule has 2 heterocycles. The highest BCUT2D eigenvalue weighted by molar-refractivity contribution is 5.91. The highest BCUT2D eigenvalue weighted by Gasteiger charge is 2.51. The first-order chi connectivity index (χ1) is 11.1. The molecule has 1 fully saturated rings. The minimum absolute atomic E-state index is 0.0599. The maximum Gasteiger partial charge on any atom is 0.407 e. The van der Waals surface area contributed by atoms with E-state index in [1.165, 1.54) is 25.4 Å². The molecule has 8 heteroatoms. The average molecular weight is 339 g/mol. The smallest absolute Gasteiger partial charge is 0.407 e. The molecule has 0 radical (unpaired) electrons. The summed E-state index contributed by atoms with van der Waals surface area (Å²) in [5.74, 6) is -0.0502. The third-order valence-electron chi connectivity index (χ3n) is 3.99. The molecule has 2 rings (SSSR count). The van der Waals surface area contributed by atoms with Gasteiger partial charge in [0.2, 0.25) is 0 Å². The number of rotatable bonds is 3. The molecule has 1 aliphatic heterocycles. The molecule has 7 nitrogen and oxygen atoms in total. The number of alkyl halides is 1. The van der Waals surface area contributed by atoms with Crippen LogP contribution in [0.3, 0.4) is 0 Å². The zero-order valence-corrected chi connectivity index (χ0v) is 14.1. The van der Waals surface area contributed by atoms with Crippen molar-refractivity contribution in [1.29, 1.82) is 0 Å². The Hall–Kier alpha value is -2.38. The molecule has 24 heavy (non-hydrogen) atoms. The Morgan fingerprint density at radius 3 is 2.50 bits per heavy atom. The molecule has 0 aromatic carbocycles. The van der Waals surface area contributed by atoms with E-state index in [2.05, 4.69) is 10.3 Å². The molecule has 2 N–H and O–H groups in total. The predicted octanol–water partition coefficient (Wildman–Crippen LogP) is 1.93. The zero-order valence-electron chi connectivity index (χ0n) is 14.1. The van der Waals surface area contributed by atoms with Crippen LogP contribution in [0.15, 0.2) is 18.3 Å². The van der Waals surface area contributed by atoms with Crippen molar-refractivity contribution in [3.63, 3.8) is 0 Å². The lowest BCUT2D eigenvalue weighted by Crippen LogP contribution is -2.46. The van der Waals surface area contributed by atoms with Crippen LogP contribution >= 0.6 is 0 Å². The second kappa shape index (κ2) is 6.62. The molecule has 1 unspecified atom stereocenters. The van der Waals surface area contributed by atoms with Crippen molar-refractivity contribution in [1.82, 2.24) is 15.2 Å². The lowest BCUT2D eigenvalue weighted by Gasteiger charge is -2.33. The van der Waals surface area contributed by atoms with Crippen LogP contribution in [0.4, 0.5) is 9.18 Å². The summed E-state index contributed by atoms with van der Waals surface area (Å²) in [5, 5.41) is 11.8. The Morgan fingerprint density at radius 1 is 1.42 bits per heavy atom. The third kappa shape index (κ3) is 3.58. The van der Waals surface area contributed by atoms with Gasteiger partial charge in [0.25, 0.3) is 5.91 Å². The van der Waals surface area contributed by atoms with Crippen molar-refractivity contribution in [3.05, 3.63) is 24.0 Å². The normalized spacial score (nSPS) is 23.9. The number of carboxylic acid groups (broad SMARTS) is 1. The number of aromatic nitrogens is 1. The molecule has 0 spiro atoms. The van der Waals surface area contributed by atoms with Crippen LogP contribution in [0, 0.1) is 5.41 Å². The molecule has 1 aromatic heterocycles. The summed E-state index contributed by atoms with van der Waals surface area (Å²) in [5.41, 5.74) is -0.343. The molecular formula is C16H22FN3O4. The van der Waals surface area contributed by atoms with Crippen molar-refractivity contribution in [3.8, 4) is 5.75 Å². The van der Waals surface area contributed by atoms with Gasteiger partial charge in [-0.05, 0) is 17.5 Å². The summed E-state index contributed by atoms with van der Waals surface area (Å²) < 4.78 is 20.4. The zero-order chi connectivity index (χ0) is 18.1. The molecular weight excluding hydrogens is 317 g/mol. The Morgan fingerprint density at radius 2 is 2.08 bits per heavy atom. The average Bonchev–Trinajstić information content (AvgIpc) is 2.84. The number of ether oxygens (including phenoxy) is 1. The maximum atomic E-state index is 14.8. The van der Waals surface area contributed by atoms with Crippen molar-refractivity contribution >= 4 is 12.0 Å². The van der Waals surface area contributed by atoms with Gasteiger partial charge >= 0.3 is 6.09 Å². The van der Waals surface area contributed by atoms with Crippen LogP contribution < -0.4 is 10.1 Å². The molecule has 1 saturated heterocycles.